The first-order valence-corrected chi connectivity index (χ1v) is 8.45. The van der Waals surface area contributed by atoms with Gasteiger partial charge < -0.3 is 15.0 Å². The summed E-state index contributed by atoms with van der Waals surface area (Å²) in [6, 6.07) is 0. The second-order valence-electron chi connectivity index (χ2n) is 5.73. The fourth-order valence-corrected chi connectivity index (χ4v) is 3.76. The molecular weight excluding hydrogens is 270 g/mol. The molecule has 2 rings (SSSR count). The van der Waals surface area contributed by atoms with E-state index in [9.17, 15) is 0 Å². The highest BCUT2D eigenvalue weighted by Gasteiger charge is 2.26. The van der Waals surface area contributed by atoms with Gasteiger partial charge in [-0.25, -0.2) is 4.98 Å². The number of nitrogens with one attached hydrogen (secondary N) is 1. The quantitative estimate of drug-likeness (QED) is 0.785. The van der Waals surface area contributed by atoms with Gasteiger partial charge >= 0.3 is 0 Å². The summed E-state index contributed by atoms with van der Waals surface area (Å²) in [7, 11) is 1.80. The molecule has 114 valence electrons. The zero-order valence-electron chi connectivity index (χ0n) is 13.1. The molecule has 20 heavy (non-hydrogen) atoms. The molecule has 1 aromatic rings. The number of rotatable bonds is 7. The molecule has 1 fully saturated rings. The van der Waals surface area contributed by atoms with Gasteiger partial charge in [0.15, 0.2) is 5.13 Å². The first-order valence-electron chi connectivity index (χ1n) is 7.63. The highest BCUT2D eigenvalue weighted by atomic mass is 32.1. The van der Waals surface area contributed by atoms with Crippen LogP contribution in [0.5, 0.6) is 0 Å². The van der Waals surface area contributed by atoms with Crippen LogP contribution < -0.4 is 10.2 Å². The number of hydrogen-bond acceptors (Lipinski definition) is 5. The molecule has 1 N–H and O–H groups in total. The molecule has 4 nitrogen and oxygen atoms in total. The summed E-state index contributed by atoms with van der Waals surface area (Å²) >= 11 is 1.84. The molecule has 1 aliphatic heterocycles. The summed E-state index contributed by atoms with van der Waals surface area (Å²) in [4.78, 5) is 8.65. The van der Waals surface area contributed by atoms with Gasteiger partial charge in [-0.15, -0.1) is 11.3 Å². The monoisotopic (exact) mass is 297 g/mol. The lowest BCUT2D eigenvalue weighted by Gasteiger charge is -2.14. The van der Waals surface area contributed by atoms with E-state index in [4.69, 9.17) is 9.72 Å². The largest absolute Gasteiger partial charge is 0.380 e. The van der Waals surface area contributed by atoms with Crippen molar-refractivity contribution in [1.82, 2.24) is 10.3 Å². The van der Waals surface area contributed by atoms with Crippen molar-refractivity contribution in [1.29, 1.82) is 0 Å². The van der Waals surface area contributed by atoms with E-state index in [1.54, 1.807) is 7.11 Å². The molecule has 5 heteroatoms. The Morgan fingerprint density at radius 3 is 2.90 bits per heavy atom. The maximum absolute atomic E-state index is 5.45. The van der Waals surface area contributed by atoms with E-state index in [1.807, 2.05) is 11.3 Å². The molecule has 0 amide bonds. The number of methoxy groups -OCH3 is 1. The van der Waals surface area contributed by atoms with Gasteiger partial charge in [0.1, 0.15) is 0 Å². The molecule has 1 saturated heterocycles. The minimum Gasteiger partial charge on any atom is -0.380 e. The van der Waals surface area contributed by atoms with E-state index in [0.717, 1.165) is 32.6 Å². The van der Waals surface area contributed by atoms with Crippen LogP contribution in [-0.2, 0) is 11.3 Å². The maximum Gasteiger partial charge on any atom is 0.185 e. The molecule has 0 aromatic carbocycles. The molecule has 1 aliphatic rings. The Kier molecular flexibility index (Phi) is 5.81. The van der Waals surface area contributed by atoms with Crippen LogP contribution >= 0.6 is 11.3 Å². The first-order chi connectivity index (χ1) is 9.65. The third-order valence-electron chi connectivity index (χ3n) is 3.72. The van der Waals surface area contributed by atoms with Crippen molar-refractivity contribution in [2.75, 3.05) is 31.6 Å². The lowest BCUT2D eigenvalue weighted by Crippen LogP contribution is -2.21. The van der Waals surface area contributed by atoms with E-state index < -0.39 is 0 Å². The van der Waals surface area contributed by atoms with Crippen molar-refractivity contribution in [2.45, 2.75) is 52.2 Å². The SMILES string of the molecule is CCCNCc1sc(N2CCC(OC)C2)nc1C(C)C. The van der Waals surface area contributed by atoms with Crippen LogP contribution in [-0.4, -0.2) is 37.8 Å². The Balaban J connectivity index is 2.08. The van der Waals surface area contributed by atoms with E-state index in [0.29, 0.717) is 12.0 Å². The fraction of sp³-hybridized carbons (Fsp3) is 0.800. The Labute approximate surface area is 126 Å². The van der Waals surface area contributed by atoms with Gasteiger partial charge in [-0.2, -0.15) is 0 Å². The van der Waals surface area contributed by atoms with Gasteiger partial charge in [0.25, 0.3) is 0 Å². The highest BCUT2D eigenvalue weighted by molar-refractivity contribution is 7.15. The van der Waals surface area contributed by atoms with Crippen LogP contribution in [0.2, 0.25) is 0 Å². The Morgan fingerprint density at radius 2 is 2.30 bits per heavy atom. The third kappa shape index (κ3) is 3.71. The Bertz CT molecular complexity index is 419. The van der Waals surface area contributed by atoms with Gasteiger partial charge in [-0.3, -0.25) is 0 Å². The van der Waals surface area contributed by atoms with Gasteiger partial charge in [0.2, 0.25) is 0 Å². The van der Waals surface area contributed by atoms with Gasteiger partial charge in [0.05, 0.1) is 11.8 Å². The number of ether oxygens (including phenoxy) is 1. The van der Waals surface area contributed by atoms with E-state index in [1.165, 1.54) is 22.1 Å². The van der Waals surface area contributed by atoms with Crippen molar-refractivity contribution in [2.24, 2.45) is 0 Å². The molecule has 0 saturated carbocycles. The van der Waals surface area contributed by atoms with Crippen molar-refractivity contribution in [3.8, 4) is 0 Å². The van der Waals surface area contributed by atoms with Crippen LogP contribution in [0.3, 0.4) is 0 Å². The van der Waals surface area contributed by atoms with Crippen molar-refractivity contribution < 1.29 is 4.74 Å². The van der Waals surface area contributed by atoms with Crippen LogP contribution in [0, 0.1) is 0 Å². The topological polar surface area (TPSA) is 37.4 Å². The number of anilines is 1. The van der Waals surface area contributed by atoms with Crippen molar-refractivity contribution in [3.63, 3.8) is 0 Å². The zero-order chi connectivity index (χ0) is 14.5. The molecule has 1 aromatic heterocycles. The zero-order valence-corrected chi connectivity index (χ0v) is 13.9. The lowest BCUT2D eigenvalue weighted by atomic mass is 10.1. The smallest absolute Gasteiger partial charge is 0.185 e. The molecule has 1 unspecified atom stereocenters. The summed E-state index contributed by atoms with van der Waals surface area (Å²) in [5.41, 5.74) is 1.26. The minimum absolute atomic E-state index is 0.364. The van der Waals surface area contributed by atoms with Crippen molar-refractivity contribution >= 4 is 16.5 Å². The average Bonchev–Trinajstić information content (AvgIpc) is 3.05. The number of thiazole rings is 1. The minimum atomic E-state index is 0.364. The summed E-state index contributed by atoms with van der Waals surface area (Å²) in [6.07, 6.45) is 2.64. The second kappa shape index (κ2) is 7.38. The number of aromatic nitrogens is 1. The molecule has 0 aliphatic carbocycles. The van der Waals surface area contributed by atoms with Gasteiger partial charge in [0, 0.05) is 31.6 Å². The summed E-state index contributed by atoms with van der Waals surface area (Å²) < 4.78 is 5.45. The van der Waals surface area contributed by atoms with Crippen LogP contribution in [0.15, 0.2) is 0 Å². The molecular formula is C15H27N3OS. The number of nitrogens with zero attached hydrogens (tertiary/aromatic N) is 2. The molecule has 2 heterocycles. The third-order valence-corrected chi connectivity index (χ3v) is 4.86. The highest BCUT2D eigenvalue weighted by Crippen LogP contribution is 2.32. The van der Waals surface area contributed by atoms with Crippen LogP contribution in [0.1, 0.15) is 50.1 Å². The molecule has 1 atom stereocenters. The Morgan fingerprint density at radius 1 is 1.50 bits per heavy atom. The number of hydrogen-bond donors (Lipinski definition) is 1. The van der Waals surface area contributed by atoms with E-state index in [2.05, 4.69) is 31.0 Å². The van der Waals surface area contributed by atoms with Crippen LogP contribution in [0.4, 0.5) is 5.13 Å². The predicted molar refractivity (Wildman–Crippen MR) is 85.8 cm³/mol. The summed E-state index contributed by atoms with van der Waals surface area (Å²) in [5.74, 6) is 0.485. The summed E-state index contributed by atoms with van der Waals surface area (Å²) in [6.45, 7) is 10.7. The van der Waals surface area contributed by atoms with E-state index in [-0.39, 0.29) is 0 Å². The Hall–Kier alpha value is -0.650. The molecule has 0 bridgehead atoms. The van der Waals surface area contributed by atoms with Crippen LogP contribution in [0.25, 0.3) is 0 Å². The first kappa shape index (κ1) is 15.7. The lowest BCUT2D eigenvalue weighted by molar-refractivity contribution is 0.121. The normalized spacial score (nSPS) is 19.2. The standard InChI is InChI=1S/C15H27N3OS/c1-5-7-16-9-13-14(11(2)3)17-15(20-13)18-8-6-12(10-18)19-4/h11-12,16H,5-10H2,1-4H3. The van der Waals surface area contributed by atoms with Gasteiger partial charge in [-0.1, -0.05) is 20.8 Å². The van der Waals surface area contributed by atoms with Gasteiger partial charge in [-0.05, 0) is 25.3 Å². The fourth-order valence-electron chi connectivity index (χ4n) is 2.54. The molecule has 0 radical (unpaired) electrons. The molecule has 0 spiro atoms. The maximum atomic E-state index is 5.45. The second-order valence-corrected chi connectivity index (χ2v) is 6.79. The predicted octanol–water partition coefficient (Wildman–Crippen LogP) is 2.99. The van der Waals surface area contributed by atoms with Crippen molar-refractivity contribution in [3.05, 3.63) is 10.6 Å². The summed E-state index contributed by atoms with van der Waals surface area (Å²) in [5, 5.41) is 4.67. The van der Waals surface area contributed by atoms with E-state index >= 15 is 0 Å². The average molecular weight is 297 g/mol.